The van der Waals surface area contributed by atoms with E-state index < -0.39 is 348 Å². The summed E-state index contributed by atoms with van der Waals surface area (Å²) >= 11 is 0. The number of hydrogen-bond acceptors (Lipinski definition) is 21. The molecule has 7 aromatic rings. The lowest BCUT2D eigenvalue weighted by Crippen LogP contribution is -2.42. The maximum atomic E-state index is 12.0. The first kappa shape index (κ1) is 43.6. The van der Waals surface area contributed by atoms with E-state index in [2.05, 4.69) is 0 Å². The molecule has 7 aliphatic rings. The highest BCUT2D eigenvalue weighted by Gasteiger charge is 2.46. The van der Waals surface area contributed by atoms with Crippen molar-refractivity contribution in [2.75, 3.05) is 194 Å². The Hall–Kier alpha value is -7.42. The highest BCUT2D eigenvalue weighted by Crippen LogP contribution is 2.49. The average molecular weight is 2030 g/mol. The molecule has 21 heteroatoms. The fourth-order valence-electron chi connectivity index (χ4n) is 14.8. The van der Waals surface area contributed by atoms with E-state index in [0.29, 0.717) is 49.7 Å². The first-order valence-corrected chi connectivity index (χ1v) is 43.4. The first-order chi connectivity index (χ1) is 102. The van der Waals surface area contributed by atoms with E-state index in [4.69, 9.17) is 152 Å². The molecule has 0 bridgehead atoms. The first-order valence-electron chi connectivity index (χ1n) is 88.4. The minimum absolute atomic E-state index is 0.00816. The third-order valence-corrected chi connectivity index (χ3v) is 21.7. The third kappa shape index (κ3) is 36.7. The van der Waals surface area contributed by atoms with E-state index in [1.54, 1.807) is 0 Å². The van der Waals surface area contributed by atoms with Gasteiger partial charge in [-0.05, 0) is 311 Å². The summed E-state index contributed by atoms with van der Waals surface area (Å²) in [6.45, 7) is -37.3. The van der Waals surface area contributed by atoms with Crippen molar-refractivity contribution in [3.63, 3.8) is 0 Å². The second kappa shape index (κ2) is 58.7. The van der Waals surface area contributed by atoms with Crippen LogP contribution in [0.1, 0.15) is 427 Å². The smallest absolute Gasteiger partial charge is 0.118 e. The van der Waals surface area contributed by atoms with Crippen LogP contribution in [-0.4, -0.2) is 303 Å². The quantitative estimate of drug-likeness (QED) is 0.0196. The van der Waals surface area contributed by atoms with Gasteiger partial charge in [-0.3, -0.25) is 0 Å². The van der Waals surface area contributed by atoms with E-state index in [1.165, 1.54) is 81.1 Å². The molecule has 0 radical (unpaired) electrons. The summed E-state index contributed by atoms with van der Waals surface area (Å²) in [5.41, 5.74) is -26.5. The molecule has 0 aliphatic heterocycles. The summed E-state index contributed by atoms with van der Waals surface area (Å²) in [6.07, 6.45) is -93.6. The summed E-state index contributed by atoms with van der Waals surface area (Å²) in [5.74, 6) is -18.8. The molecule has 0 heterocycles. The van der Waals surface area contributed by atoms with Gasteiger partial charge in [0.1, 0.15) is 40.2 Å². The van der Waals surface area contributed by atoms with E-state index in [-0.39, 0.29) is 116 Å². The Balaban J connectivity index is 0.000000318. The van der Waals surface area contributed by atoms with Crippen LogP contribution in [0.2, 0.25) is 0 Å². The number of rotatable bonds is 35. The Morgan fingerprint density at radius 3 is 0.700 bits per heavy atom. The molecule has 0 amide bonds. The van der Waals surface area contributed by atoms with Crippen LogP contribution in [0.3, 0.4) is 0 Å². The van der Waals surface area contributed by atoms with Crippen molar-refractivity contribution in [2.24, 2.45) is 0 Å². The highest BCUT2D eigenvalue weighted by molar-refractivity contribution is 5.38. The zero-order valence-electron chi connectivity index (χ0n) is 170. The molecule has 140 heavy (non-hydrogen) atoms. The zero-order valence-corrected chi connectivity index (χ0v) is 80.2. The molecule has 7 fully saturated rings. The standard InChI is InChI=1S/7C17H27NO2/c7*1-18(2)13-16(17(19)11-5-4-6-12-17)14-7-9-15(20-3)10-8-14/h7*7-10,16,19H,4-6,11-13H2,1-3H3/i1D3,2D3,4D2,5D2,6D2,11D2,12D2,13D2,16D;1D3,4D2,5D2,6D2,11D2,12D2,13D2,16D;1D3,2D3,4D2,5D2,6D2,11D2,12D2,16D;4D2,5D2,6D2,11D2,12D2,13D2,16D;1D3,4D2,5D2,6D2,11D2,12D2,16D;1D3,7D,8D,9D,10D;7D,8D,9D,10D. The normalized spacial score (nSPS) is 40.4. The zero-order chi connectivity index (χ0) is 181. The number of likely N-dealkylation sites (N-methyl/N-ethyl adjacent to an activating group) is 7. The van der Waals surface area contributed by atoms with Crippen LogP contribution in [0.25, 0.3) is 0 Å². The molecule has 14 rings (SSSR count). The Bertz CT molecular complexity index is 8760. The molecule has 21 nitrogen and oxygen atoms in total. The van der Waals surface area contributed by atoms with Crippen molar-refractivity contribution in [2.45, 2.75) is 304 Å². The van der Waals surface area contributed by atoms with E-state index in [0.717, 1.165) is 167 Å². The average Bonchev–Trinajstić information content (AvgIpc) is 0.634. The molecule has 7 atom stereocenters. The Morgan fingerprint density at radius 2 is 0.464 bits per heavy atom. The van der Waals surface area contributed by atoms with Crippen molar-refractivity contribution < 1.29 is 192 Å². The second-order valence-corrected chi connectivity index (χ2v) is 32.4. The van der Waals surface area contributed by atoms with Gasteiger partial charge in [0.05, 0.1) is 99.9 Å². The molecule has 7 aromatic carbocycles. The molecule has 7 saturated carbocycles. The van der Waals surface area contributed by atoms with Gasteiger partial charge in [-0.2, -0.15) is 0 Å². The summed E-state index contributed by atoms with van der Waals surface area (Å²) < 4.78 is 771. The molecule has 784 valence electrons. The van der Waals surface area contributed by atoms with Gasteiger partial charge in [-0.25, -0.2) is 0 Å². The number of benzene rings is 7. The maximum absolute atomic E-state index is 12.0. The Morgan fingerprint density at radius 1 is 0.250 bits per heavy atom. The van der Waals surface area contributed by atoms with Crippen molar-refractivity contribution >= 4 is 0 Å². The van der Waals surface area contributed by atoms with Gasteiger partial charge in [-0.1, -0.05) is 219 Å². The van der Waals surface area contributed by atoms with Crippen LogP contribution in [0.5, 0.6) is 40.2 Å². The van der Waals surface area contributed by atoms with Gasteiger partial charge >= 0.3 is 0 Å². The third-order valence-electron chi connectivity index (χ3n) is 21.7. The summed E-state index contributed by atoms with van der Waals surface area (Å²) in [5, 5.41) is 82.0. The second-order valence-electron chi connectivity index (χ2n) is 32.4. The summed E-state index contributed by atoms with van der Waals surface area (Å²) in [6, 6.07) is 19.2. The Kier molecular flexibility index (Phi) is 18.2. The van der Waals surface area contributed by atoms with Crippen molar-refractivity contribution in [3.05, 3.63) is 209 Å². The molecular formula is C119H189N7O14. The largest absolute Gasteiger partial charge is 0.497 e. The maximum Gasteiger partial charge on any atom is 0.118 e. The molecular weight excluding hydrogens is 1750 g/mol. The van der Waals surface area contributed by atoms with Crippen molar-refractivity contribution in [1.82, 2.24) is 34.3 Å². The lowest BCUT2D eigenvalue weighted by Gasteiger charge is -2.40. The molecule has 7 N–H and O–H groups in total. The lowest BCUT2D eigenvalue weighted by molar-refractivity contribution is -0.0280. The minimum atomic E-state index is -4.67. The number of ether oxygens (including phenoxy) is 7. The predicted octanol–water partition coefficient (Wildman–Crippen LogP) is 21.2. The van der Waals surface area contributed by atoms with Gasteiger partial charge in [0, 0.05) is 199 Å². The van der Waals surface area contributed by atoms with Crippen LogP contribution in [0, 0.1) is 0 Å². The van der Waals surface area contributed by atoms with Crippen LogP contribution >= 0.6 is 0 Å². The van der Waals surface area contributed by atoms with Gasteiger partial charge in [-0.15, -0.1) is 0 Å². The van der Waals surface area contributed by atoms with E-state index in [9.17, 15) is 39.9 Å². The van der Waals surface area contributed by atoms with Crippen LogP contribution < -0.4 is 33.2 Å². The monoisotopic (exact) mass is 2030 g/mol. The van der Waals surface area contributed by atoms with Gasteiger partial charge < -0.3 is 103 Å². The number of methoxy groups -OCH3 is 7. The fraction of sp³-hybridized carbons (Fsp3) is 0.647. The fourth-order valence-corrected chi connectivity index (χ4v) is 14.8. The van der Waals surface area contributed by atoms with Gasteiger partial charge in [0.25, 0.3) is 0 Å². The van der Waals surface area contributed by atoms with Crippen molar-refractivity contribution in [1.29, 1.82) is 0 Å². The number of aliphatic hydroxyl groups is 7. The summed E-state index contributed by atoms with van der Waals surface area (Å²) in [4.78, 5) is 3.13. The molecule has 0 aromatic heterocycles. The number of hydrogen-bond donors (Lipinski definition) is 7. The topological polar surface area (TPSA) is 229 Å². The number of nitrogens with zero attached hydrogens (tertiary/aromatic N) is 7. The van der Waals surface area contributed by atoms with E-state index in [1.807, 2.05) is 19.0 Å². The molecule has 7 unspecified atom stereocenters. The molecule has 7 aliphatic carbocycles. The van der Waals surface area contributed by atoms with Crippen LogP contribution in [0.4, 0.5) is 0 Å². The predicted molar refractivity (Wildman–Crippen MR) is 576 cm³/mol. The SMILES string of the molecule is [2H]C([2H])(N(C)C)C([2H])(c1ccc(OC)cc1)C1(O)C([2H])([2H])C([2H])([2H])C([2H])([2H])C([2H])([2H])C1([2H])[2H].[2H]C([2H])([2H])N(C([2H])([2H])[2H])C([2H])([2H])C([2H])(c1ccc(OC)cc1)C1(O)C([2H])([2H])C([2H])([2H])C([2H])([2H])C([2H])([2H])C1([2H])[2H].[2H]C([2H])([2H])N(C)C([2H])([2H])C([2H])(c1ccc(OC)cc1)C1(O)C([2H])([2H])C([2H])([2H])C([2H])([2H])C([2H])([2H])C1([2H])[2H].[2H]C([2H])([2H])N(C)CC([2H])(c1ccc(OC)cc1)C1(O)C([2H])([2H])C([2H])([2H])C([2H])([2H])C([2H])([2H])C1([2H])[2H].[2H]C([2H])([2H])N(CC([2H])(c1ccc(OC)cc1)C1(O)C([2H])([2H])C([2H])([2H])C([2H])([2H])C([2H])([2H])C1([2H])[2H])C([2H])([2H])[2H].[2H]c1c([2H])c(C(CN(C)C([2H])([2H])[2H])C2(O)CCCCC2)c([2H])c([2H])c1OC.[2H]c1c([2H])c(C(CN(C)C)C2(O)CCCCC2)c([2H])c([2H])c1OC. The molecule has 0 spiro atoms. The lowest BCUT2D eigenvalue weighted by atomic mass is 9.72. The summed E-state index contributed by atoms with van der Waals surface area (Å²) in [7, 11) is 18.1. The minimum Gasteiger partial charge on any atom is -0.497 e. The molecule has 0 saturated heterocycles. The van der Waals surface area contributed by atoms with Crippen LogP contribution in [-0.2, 0) is 0 Å². The van der Waals surface area contributed by atoms with Crippen LogP contribution in [0.15, 0.2) is 170 Å². The highest BCUT2D eigenvalue weighted by atomic mass is 16.5. The van der Waals surface area contributed by atoms with Gasteiger partial charge in [0.15, 0.2) is 0 Å². The Labute approximate surface area is 973 Å². The van der Waals surface area contributed by atoms with Crippen molar-refractivity contribution in [3.8, 4) is 40.2 Å². The van der Waals surface area contributed by atoms with E-state index >= 15 is 0 Å². The van der Waals surface area contributed by atoms with Gasteiger partial charge in [0.2, 0.25) is 0 Å².